The minimum atomic E-state index is -3.96. The SMILES string of the molecule is CCOC(=O)CC(N)c1ccccc1.Cl.O=C(O)CC(NS(=O)(=O)c1cccc(OCCCNc2ccccn2)c1)c1ccccc1. The highest BCUT2D eigenvalue weighted by Crippen LogP contribution is 2.23. The number of halogens is 1. The Morgan fingerprint density at radius 1 is 0.894 bits per heavy atom. The van der Waals surface area contributed by atoms with Gasteiger partial charge < -0.3 is 25.6 Å². The Bertz CT molecular complexity index is 1600. The van der Waals surface area contributed by atoms with Crippen LogP contribution in [0.3, 0.4) is 0 Å². The van der Waals surface area contributed by atoms with Gasteiger partial charge in [0.2, 0.25) is 10.0 Å². The number of esters is 1. The average Bonchev–Trinajstić information content (AvgIpc) is 3.06. The van der Waals surface area contributed by atoms with Crippen molar-refractivity contribution in [2.45, 2.75) is 43.2 Å². The lowest BCUT2D eigenvalue weighted by Gasteiger charge is -2.18. The number of anilines is 1. The summed E-state index contributed by atoms with van der Waals surface area (Å²) in [7, 11) is -3.96. The number of aliphatic carboxylic acids is 1. The predicted octanol–water partition coefficient (Wildman–Crippen LogP) is 5.52. The number of benzene rings is 3. The molecule has 1 aromatic heterocycles. The van der Waals surface area contributed by atoms with E-state index in [1.807, 2.05) is 48.5 Å². The molecule has 0 fully saturated rings. The number of nitrogens with one attached hydrogen (secondary N) is 2. The summed E-state index contributed by atoms with van der Waals surface area (Å²) >= 11 is 0. The molecule has 47 heavy (non-hydrogen) atoms. The number of sulfonamides is 1. The van der Waals surface area contributed by atoms with Crippen LogP contribution in [-0.4, -0.2) is 50.2 Å². The van der Waals surface area contributed by atoms with E-state index in [2.05, 4.69) is 15.0 Å². The molecule has 3 aromatic carbocycles. The zero-order valence-corrected chi connectivity index (χ0v) is 27.7. The molecule has 2 unspecified atom stereocenters. The third-order valence-electron chi connectivity index (χ3n) is 6.47. The van der Waals surface area contributed by atoms with Crippen LogP contribution >= 0.6 is 12.4 Å². The van der Waals surface area contributed by atoms with Crippen LogP contribution in [0.2, 0.25) is 0 Å². The topological polar surface area (TPSA) is 170 Å². The molecular weight excluding hydrogens is 644 g/mol. The molecule has 0 spiro atoms. The van der Waals surface area contributed by atoms with Gasteiger partial charge in [0.15, 0.2) is 0 Å². The number of carbonyl (C=O) groups excluding carboxylic acids is 1. The summed E-state index contributed by atoms with van der Waals surface area (Å²) in [6.45, 7) is 3.24. The molecule has 0 saturated carbocycles. The van der Waals surface area contributed by atoms with E-state index in [4.69, 9.17) is 15.2 Å². The molecule has 0 aliphatic heterocycles. The highest BCUT2D eigenvalue weighted by atomic mass is 35.5. The Morgan fingerprint density at radius 3 is 2.17 bits per heavy atom. The van der Waals surface area contributed by atoms with Gasteiger partial charge in [0.1, 0.15) is 11.6 Å². The van der Waals surface area contributed by atoms with Crippen molar-refractivity contribution in [3.8, 4) is 5.75 Å². The summed E-state index contributed by atoms with van der Waals surface area (Å²) in [5.74, 6) is -0.150. The third kappa shape index (κ3) is 14.2. The van der Waals surface area contributed by atoms with Gasteiger partial charge in [-0.3, -0.25) is 9.59 Å². The molecule has 11 nitrogen and oxygen atoms in total. The monoisotopic (exact) mass is 684 g/mol. The Labute approximate surface area is 282 Å². The second kappa shape index (κ2) is 20.6. The smallest absolute Gasteiger partial charge is 0.307 e. The lowest BCUT2D eigenvalue weighted by molar-refractivity contribution is -0.143. The van der Waals surface area contributed by atoms with E-state index in [1.54, 1.807) is 55.6 Å². The van der Waals surface area contributed by atoms with E-state index in [0.29, 0.717) is 37.5 Å². The van der Waals surface area contributed by atoms with Gasteiger partial charge in [-0.05, 0) is 48.7 Å². The van der Waals surface area contributed by atoms with Gasteiger partial charge in [0.05, 0.1) is 37.0 Å². The van der Waals surface area contributed by atoms with Crippen molar-refractivity contribution < 1.29 is 32.6 Å². The van der Waals surface area contributed by atoms with Gasteiger partial charge >= 0.3 is 11.9 Å². The third-order valence-corrected chi connectivity index (χ3v) is 7.94. The van der Waals surface area contributed by atoms with Crippen LogP contribution in [0.4, 0.5) is 5.82 Å². The molecule has 252 valence electrons. The van der Waals surface area contributed by atoms with Crippen LogP contribution < -0.4 is 20.5 Å². The summed E-state index contributed by atoms with van der Waals surface area (Å²) in [5, 5.41) is 12.4. The molecule has 13 heteroatoms. The number of hydrogen-bond acceptors (Lipinski definition) is 9. The van der Waals surface area contributed by atoms with Crippen LogP contribution in [0, 0.1) is 0 Å². The summed E-state index contributed by atoms with van der Waals surface area (Å²) in [6.07, 6.45) is 2.26. The van der Waals surface area contributed by atoms with Crippen LogP contribution in [0.25, 0.3) is 0 Å². The first-order valence-corrected chi connectivity index (χ1v) is 16.3. The molecule has 1 heterocycles. The summed E-state index contributed by atoms with van der Waals surface area (Å²) in [5.41, 5.74) is 7.36. The first-order valence-electron chi connectivity index (χ1n) is 14.8. The fourth-order valence-electron chi connectivity index (χ4n) is 4.24. The second-order valence-electron chi connectivity index (χ2n) is 10.0. The van der Waals surface area contributed by atoms with Crippen LogP contribution in [0.1, 0.15) is 49.4 Å². The zero-order chi connectivity index (χ0) is 33.2. The fraction of sp³-hybridized carbons (Fsp3) is 0.265. The van der Waals surface area contributed by atoms with Gasteiger partial charge in [-0.15, -0.1) is 12.4 Å². The quantitative estimate of drug-likeness (QED) is 0.0871. The zero-order valence-electron chi connectivity index (χ0n) is 26.0. The molecule has 2 atom stereocenters. The highest BCUT2D eigenvalue weighted by Gasteiger charge is 2.24. The lowest BCUT2D eigenvalue weighted by Crippen LogP contribution is -2.30. The number of pyridine rings is 1. The minimum Gasteiger partial charge on any atom is -0.493 e. The van der Waals surface area contributed by atoms with Gasteiger partial charge in [0, 0.05) is 24.8 Å². The van der Waals surface area contributed by atoms with Crippen LogP contribution in [-0.2, 0) is 24.3 Å². The normalized spacial score (nSPS) is 11.9. The maximum atomic E-state index is 12.9. The van der Waals surface area contributed by atoms with Crippen molar-refractivity contribution in [2.75, 3.05) is 25.1 Å². The van der Waals surface area contributed by atoms with Crippen LogP contribution in [0.15, 0.2) is 114 Å². The van der Waals surface area contributed by atoms with E-state index in [1.165, 1.54) is 12.1 Å². The molecule has 0 aliphatic rings. The first kappa shape index (κ1) is 38.7. The Balaban J connectivity index is 0.000000431. The summed E-state index contributed by atoms with van der Waals surface area (Å²) in [4.78, 5) is 26.6. The first-order chi connectivity index (χ1) is 22.2. The van der Waals surface area contributed by atoms with Crippen molar-refractivity contribution in [3.05, 3.63) is 120 Å². The van der Waals surface area contributed by atoms with E-state index >= 15 is 0 Å². The Kier molecular flexibility index (Phi) is 17.0. The number of aromatic nitrogens is 1. The minimum absolute atomic E-state index is 0. The predicted molar refractivity (Wildman–Crippen MR) is 183 cm³/mol. The number of nitrogens with zero attached hydrogens (tertiary/aromatic N) is 1. The van der Waals surface area contributed by atoms with Gasteiger partial charge in [-0.1, -0.05) is 72.8 Å². The van der Waals surface area contributed by atoms with Crippen molar-refractivity contribution in [1.29, 1.82) is 0 Å². The molecule has 0 amide bonds. The molecule has 4 aromatic rings. The van der Waals surface area contributed by atoms with Gasteiger partial charge in [0.25, 0.3) is 0 Å². The molecule has 0 aliphatic carbocycles. The maximum absolute atomic E-state index is 12.9. The average molecular weight is 685 g/mol. The van der Waals surface area contributed by atoms with E-state index < -0.39 is 22.0 Å². The summed E-state index contributed by atoms with van der Waals surface area (Å²) < 4.78 is 38.8. The van der Waals surface area contributed by atoms with E-state index in [9.17, 15) is 23.1 Å². The second-order valence-corrected chi connectivity index (χ2v) is 11.7. The van der Waals surface area contributed by atoms with Crippen molar-refractivity contribution >= 4 is 40.2 Å². The van der Waals surface area contributed by atoms with Crippen molar-refractivity contribution in [1.82, 2.24) is 9.71 Å². The highest BCUT2D eigenvalue weighted by molar-refractivity contribution is 7.89. The fourth-order valence-corrected chi connectivity index (χ4v) is 5.50. The number of carbonyl (C=O) groups is 2. The number of ether oxygens (including phenoxy) is 2. The number of rotatable bonds is 16. The Morgan fingerprint density at radius 2 is 1.55 bits per heavy atom. The van der Waals surface area contributed by atoms with Crippen molar-refractivity contribution in [3.63, 3.8) is 0 Å². The van der Waals surface area contributed by atoms with Crippen LogP contribution in [0.5, 0.6) is 5.75 Å². The van der Waals surface area contributed by atoms with Gasteiger partial charge in [-0.2, -0.15) is 0 Å². The van der Waals surface area contributed by atoms with E-state index in [-0.39, 0.29) is 42.2 Å². The summed E-state index contributed by atoms with van der Waals surface area (Å²) in [6, 6.07) is 28.7. The molecule has 0 bridgehead atoms. The molecule has 0 radical (unpaired) electrons. The number of carboxylic acid groups (broad SMARTS) is 1. The molecule has 5 N–H and O–H groups in total. The lowest BCUT2D eigenvalue weighted by atomic mass is 10.1. The number of nitrogens with two attached hydrogens (primary N) is 1. The van der Waals surface area contributed by atoms with E-state index in [0.717, 1.165) is 11.4 Å². The molecule has 0 saturated heterocycles. The standard InChI is InChI=1S/C23H25N3O5S.C11H15NO2.ClH/c27-23(28)17-21(18-8-2-1-3-9-18)26-32(29,30)20-11-6-10-19(16-20)31-15-7-14-25-22-12-4-5-13-24-22;1-2-14-11(13)8-10(12)9-6-4-3-5-7-9;/h1-6,8-13,16,21,26H,7,14-15,17H2,(H,24,25)(H,27,28);3-7,10H,2,8,12H2,1H3;1H. The van der Waals surface area contributed by atoms with Crippen molar-refractivity contribution in [2.24, 2.45) is 5.73 Å². The Hall–Kier alpha value is -4.49. The largest absolute Gasteiger partial charge is 0.493 e. The molecular formula is C34H41ClN4O7S. The number of hydrogen-bond donors (Lipinski definition) is 4. The molecule has 4 rings (SSSR count). The van der Waals surface area contributed by atoms with Gasteiger partial charge in [-0.25, -0.2) is 18.1 Å². The maximum Gasteiger partial charge on any atom is 0.307 e. The number of carboxylic acids is 1.